The van der Waals surface area contributed by atoms with Gasteiger partial charge in [0.15, 0.2) is 6.10 Å². The molecule has 2 aromatic carbocycles. The number of ether oxygens (including phenoxy) is 2. The normalized spacial score (nSPS) is 20.6. The summed E-state index contributed by atoms with van der Waals surface area (Å²) in [6.45, 7) is 3.94. The molecule has 2 atom stereocenters. The molecule has 2 aliphatic heterocycles. The van der Waals surface area contributed by atoms with Crippen LogP contribution in [-0.4, -0.2) is 50.8 Å². The van der Waals surface area contributed by atoms with Crippen LogP contribution in [0.25, 0.3) is 0 Å². The van der Waals surface area contributed by atoms with Crippen molar-refractivity contribution in [1.29, 1.82) is 0 Å². The summed E-state index contributed by atoms with van der Waals surface area (Å²) in [7, 11) is -2.30. The monoisotopic (exact) mass is 487 g/mol. The van der Waals surface area contributed by atoms with Gasteiger partial charge in [0, 0.05) is 24.8 Å². The lowest BCUT2D eigenvalue weighted by Crippen LogP contribution is -2.44. The van der Waals surface area contributed by atoms with Gasteiger partial charge in [0.1, 0.15) is 11.5 Å². The number of fused-ring (bicyclic) bond motifs is 1. The number of aryl methyl sites for hydroxylation is 1. The van der Waals surface area contributed by atoms with E-state index in [1.807, 2.05) is 6.92 Å². The third-order valence-corrected chi connectivity index (χ3v) is 8.20. The first-order valence-corrected chi connectivity index (χ1v) is 12.7. The van der Waals surface area contributed by atoms with Crippen LogP contribution in [0.1, 0.15) is 31.7 Å². The van der Waals surface area contributed by atoms with Crippen molar-refractivity contribution < 1.29 is 27.5 Å². The number of hydrogen-bond acceptors (Lipinski definition) is 6. The number of nitrogens with zero attached hydrogens (tertiary/aromatic N) is 1. The van der Waals surface area contributed by atoms with Gasteiger partial charge in [0.2, 0.25) is 15.9 Å². The molecule has 2 amide bonds. The molecule has 182 valence electrons. The van der Waals surface area contributed by atoms with E-state index in [9.17, 15) is 18.0 Å². The van der Waals surface area contributed by atoms with Crippen molar-refractivity contribution in [3.63, 3.8) is 0 Å². The summed E-state index contributed by atoms with van der Waals surface area (Å²) in [4.78, 5) is 25.1. The van der Waals surface area contributed by atoms with E-state index in [0.717, 1.165) is 0 Å². The second-order valence-electron chi connectivity index (χ2n) is 8.54. The average molecular weight is 488 g/mol. The van der Waals surface area contributed by atoms with Gasteiger partial charge in [-0.2, -0.15) is 4.31 Å². The molecule has 0 radical (unpaired) electrons. The fraction of sp³-hybridized carbons (Fsp3) is 0.417. The number of hydrogen-bond donors (Lipinski definition) is 2. The molecular weight excluding hydrogens is 458 g/mol. The van der Waals surface area contributed by atoms with Crippen LogP contribution in [0.3, 0.4) is 0 Å². The predicted molar refractivity (Wildman–Crippen MR) is 128 cm³/mol. The molecule has 0 spiro atoms. The Morgan fingerprint density at radius 3 is 2.68 bits per heavy atom. The molecule has 0 saturated carbocycles. The first-order chi connectivity index (χ1) is 16.2. The fourth-order valence-electron chi connectivity index (χ4n) is 4.26. The minimum Gasteiger partial charge on any atom is -0.497 e. The molecule has 1 saturated heterocycles. The Bertz CT molecular complexity index is 1200. The number of rotatable bonds is 6. The number of amides is 2. The van der Waals surface area contributed by atoms with Gasteiger partial charge in [-0.1, -0.05) is 6.92 Å². The maximum Gasteiger partial charge on any atom is 0.265 e. The van der Waals surface area contributed by atoms with Crippen LogP contribution in [-0.2, 0) is 19.6 Å². The number of carbonyl (C=O) groups excluding carboxylic acids is 2. The minimum absolute atomic E-state index is 0.0933. The van der Waals surface area contributed by atoms with Crippen molar-refractivity contribution in [2.75, 3.05) is 30.8 Å². The van der Waals surface area contributed by atoms with Crippen LogP contribution < -0.4 is 20.1 Å². The highest BCUT2D eigenvalue weighted by Crippen LogP contribution is 2.36. The second-order valence-corrected chi connectivity index (χ2v) is 10.4. The van der Waals surface area contributed by atoms with Gasteiger partial charge >= 0.3 is 0 Å². The topological polar surface area (TPSA) is 114 Å². The molecule has 2 aromatic rings. The summed E-state index contributed by atoms with van der Waals surface area (Å²) in [6.07, 6.45) is 0.990. The number of anilines is 2. The SMILES string of the molecule is CC[C@H]1Oc2cc(S(=O)(=O)N3CCC[C@H](C(=O)Nc4ccc(OC)cc4)C3)c(C)cc2NC1=O. The Kier molecular flexibility index (Phi) is 6.81. The van der Waals surface area contributed by atoms with Gasteiger partial charge < -0.3 is 20.1 Å². The number of sulfonamides is 1. The van der Waals surface area contributed by atoms with Crippen molar-refractivity contribution in [2.45, 2.75) is 44.1 Å². The maximum absolute atomic E-state index is 13.5. The third kappa shape index (κ3) is 4.74. The largest absolute Gasteiger partial charge is 0.497 e. The number of benzene rings is 2. The third-order valence-electron chi connectivity index (χ3n) is 6.20. The lowest BCUT2D eigenvalue weighted by atomic mass is 9.99. The zero-order valence-corrected chi connectivity index (χ0v) is 20.3. The standard InChI is InChI=1S/C24H29N3O6S/c1-4-20-24(29)26-19-12-15(2)22(13-21(19)33-20)34(30,31)27-11-5-6-16(14-27)23(28)25-17-7-9-18(32-3)10-8-17/h7-10,12-13,16,20H,4-6,11,14H2,1-3H3,(H,25,28)(H,26,29)/t16-,20+/m0/s1. The van der Waals surface area contributed by atoms with Crippen LogP contribution in [0.4, 0.5) is 11.4 Å². The minimum atomic E-state index is -3.87. The molecule has 1 fully saturated rings. The summed E-state index contributed by atoms with van der Waals surface area (Å²) in [6, 6.07) is 10.1. The Labute approximate surface area is 199 Å². The van der Waals surface area contributed by atoms with Gasteiger partial charge in [-0.25, -0.2) is 8.42 Å². The second kappa shape index (κ2) is 9.63. The maximum atomic E-state index is 13.5. The lowest BCUT2D eigenvalue weighted by molar-refractivity contribution is -0.123. The number of nitrogens with one attached hydrogen (secondary N) is 2. The van der Waals surface area contributed by atoms with Gasteiger partial charge in [0.25, 0.3) is 5.91 Å². The molecule has 9 nitrogen and oxygen atoms in total. The number of piperidine rings is 1. The molecule has 0 aromatic heterocycles. The smallest absolute Gasteiger partial charge is 0.265 e. The summed E-state index contributed by atoms with van der Waals surface area (Å²) >= 11 is 0. The molecule has 0 aliphatic carbocycles. The van der Waals surface area contributed by atoms with Crippen LogP contribution >= 0.6 is 0 Å². The average Bonchev–Trinajstić information content (AvgIpc) is 2.83. The summed E-state index contributed by atoms with van der Waals surface area (Å²) < 4.78 is 39.3. The van der Waals surface area contributed by atoms with Crippen LogP contribution in [0.2, 0.25) is 0 Å². The summed E-state index contributed by atoms with van der Waals surface area (Å²) in [5.41, 5.74) is 1.59. The van der Waals surface area contributed by atoms with Gasteiger partial charge in [-0.15, -0.1) is 0 Å². The van der Waals surface area contributed by atoms with Crippen molar-refractivity contribution >= 4 is 33.2 Å². The van der Waals surface area contributed by atoms with Crippen molar-refractivity contribution in [2.24, 2.45) is 5.92 Å². The predicted octanol–water partition coefficient (Wildman–Crippen LogP) is 3.15. The zero-order valence-electron chi connectivity index (χ0n) is 19.5. The van der Waals surface area contributed by atoms with E-state index >= 15 is 0 Å². The van der Waals surface area contributed by atoms with Crippen molar-refractivity contribution in [3.05, 3.63) is 42.0 Å². The molecule has 34 heavy (non-hydrogen) atoms. The molecule has 10 heteroatoms. The molecule has 2 N–H and O–H groups in total. The summed E-state index contributed by atoms with van der Waals surface area (Å²) in [5, 5.41) is 5.65. The Balaban J connectivity index is 1.52. The van der Waals surface area contributed by atoms with E-state index in [4.69, 9.17) is 9.47 Å². The number of methoxy groups -OCH3 is 1. The van der Waals surface area contributed by atoms with Crippen LogP contribution in [0.15, 0.2) is 41.3 Å². The highest BCUT2D eigenvalue weighted by molar-refractivity contribution is 7.89. The van der Waals surface area contributed by atoms with E-state index in [1.165, 1.54) is 10.4 Å². The Morgan fingerprint density at radius 2 is 2.00 bits per heavy atom. The van der Waals surface area contributed by atoms with E-state index < -0.39 is 22.0 Å². The highest BCUT2D eigenvalue weighted by atomic mass is 32.2. The first-order valence-electron chi connectivity index (χ1n) is 11.3. The van der Waals surface area contributed by atoms with Gasteiger partial charge in [0.05, 0.1) is 23.6 Å². The van der Waals surface area contributed by atoms with Gasteiger partial charge in [-0.3, -0.25) is 9.59 Å². The van der Waals surface area contributed by atoms with E-state index in [2.05, 4.69) is 10.6 Å². The van der Waals surface area contributed by atoms with E-state index in [0.29, 0.717) is 54.2 Å². The van der Waals surface area contributed by atoms with Crippen molar-refractivity contribution in [1.82, 2.24) is 4.31 Å². The first kappa shape index (κ1) is 24.0. The molecule has 0 unspecified atom stereocenters. The lowest BCUT2D eigenvalue weighted by Gasteiger charge is -2.32. The van der Waals surface area contributed by atoms with E-state index in [1.54, 1.807) is 44.4 Å². The van der Waals surface area contributed by atoms with Crippen LogP contribution in [0, 0.1) is 12.8 Å². The van der Waals surface area contributed by atoms with E-state index in [-0.39, 0.29) is 23.3 Å². The fourth-order valence-corrected chi connectivity index (χ4v) is 6.01. The number of carbonyl (C=O) groups is 2. The zero-order chi connectivity index (χ0) is 24.5. The Morgan fingerprint density at radius 1 is 1.26 bits per heavy atom. The quantitative estimate of drug-likeness (QED) is 0.647. The molecule has 4 rings (SSSR count). The molecule has 2 aliphatic rings. The Hall–Kier alpha value is -3.11. The molecule has 2 heterocycles. The molecule has 0 bridgehead atoms. The summed E-state index contributed by atoms with van der Waals surface area (Å²) in [5.74, 6) is 0.0861. The van der Waals surface area contributed by atoms with Crippen molar-refractivity contribution in [3.8, 4) is 11.5 Å². The highest BCUT2D eigenvalue weighted by Gasteiger charge is 2.36. The molecular formula is C24H29N3O6S. The van der Waals surface area contributed by atoms with Crippen LogP contribution in [0.5, 0.6) is 11.5 Å². The van der Waals surface area contributed by atoms with Gasteiger partial charge in [-0.05, 0) is 62.1 Å².